The van der Waals surface area contributed by atoms with Gasteiger partial charge in [0.05, 0.1) is 6.10 Å². The average Bonchev–Trinajstić information content (AvgIpc) is 2.57. The molecule has 1 aliphatic rings. The summed E-state index contributed by atoms with van der Waals surface area (Å²) in [5, 5.41) is 12.0. The van der Waals surface area contributed by atoms with Gasteiger partial charge in [-0.1, -0.05) is 0 Å². The number of aliphatic hydroxyl groups is 1. The van der Waals surface area contributed by atoms with Crippen LogP contribution in [0.4, 0.5) is 0 Å². The Hall–Kier alpha value is -0.120. The molecule has 1 heterocycles. The molecule has 2 unspecified atom stereocenters. The molecule has 2 atom stereocenters. The molecule has 3 nitrogen and oxygen atoms in total. The molecule has 1 fully saturated rings. The summed E-state index contributed by atoms with van der Waals surface area (Å²) in [5.74, 6) is 0. The molecular formula is C10H21NO2. The van der Waals surface area contributed by atoms with Crippen LogP contribution in [0.1, 0.15) is 32.6 Å². The summed E-state index contributed by atoms with van der Waals surface area (Å²) < 4.78 is 5.54. The molecule has 78 valence electrons. The minimum absolute atomic E-state index is 0.277. The number of hydrogen-bond donors (Lipinski definition) is 2. The van der Waals surface area contributed by atoms with Gasteiger partial charge in [0.15, 0.2) is 0 Å². The van der Waals surface area contributed by atoms with E-state index in [4.69, 9.17) is 9.84 Å². The minimum Gasteiger partial charge on any atom is -0.396 e. The number of hydrogen-bond acceptors (Lipinski definition) is 3. The lowest BCUT2D eigenvalue weighted by atomic mass is 10.1. The van der Waals surface area contributed by atoms with Crippen LogP contribution in [0.15, 0.2) is 0 Å². The highest BCUT2D eigenvalue weighted by atomic mass is 16.5. The number of rotatable bonds is 6. The first-order valence-electron chi connectivity index (χ1n) is 5.28. The van der Waals surface area contributed by atoms with Crippen LogP contribution >= 0.6 is 0 Å². The molecule has 0 amide bonds. The van der Waals surface area contributed by atoms with Gasteiger partial charge in [0.2, 0.25) is 0 Å². The van der Waals surface area contributed by atoms with Crippen molar-refractivity contribution in [2.24, 2.45) is 0 Å². The first-order valence-corrected chi connectivity index (χ1v) is 5.28. The van der Waals surface area contributed by atoms with Crippen LogP contribution in [0.25, 0.3) is 0 Å². The minimum atomic E-state index is 0.277. The second-order valence-corrected chi connectivity index (χ2v) is 3.80. The molecule has 0 radical (unpaired) electrons. The van der Waals surface area contributed by atoms with Crippen LogP contribution in [-0.4, -0.2) is 37.0 Å². The van der Waals surface area contributed by atoms with E-state index in [0.29, 0.717) is 12.1 Å². The maximum absolute atomic E-state index is 8.60. The third-order valence-electron chi connectivity index (χ3n) is 2.47. The monoisotopic (exact) mass is 187 g/mol. The Kier molecular flexibility index (Phi) is 5.35. The largest absolute Gasteiger partial charge is 0.396 e. The number of ether oxygens (including phenoxy) is 1. The van der Waals surface area contributed by atoms with Crippen LogP contribution in [0.5, 0.6) is 0 Å². The lowest BCUT2D eigenvalue weighted by Gasteiger charge is -2.17. The van der Waals surface area contributed by atoms with Gasteiger partial charge in [-0.05, 0) is 39.2 Å². The summed E-state index contributed by atoms with van der Waals surface area (Å²) >= 11 is 0. The molecule has 0 aliphatic carbocycles. The van der Waals surface area contributed by atoms with Gasteiger partial charge in [0.1, 0.15) is 0 Å². The first kappa shape index (κ1) is 11.0. The Morgan fingerprint density at radius 3 is 3.08 bits per heavy atom. The van der Waals surface area contributed by atoms with Gasteiger partial charge in [0.25, 0.3) is 0 Å². The molecule has 3 heteroatoms. The predicted molar refractivity (Wildman–Crippen MR) is 52.8 cm³/mol. The van der Waals surface area contributed by atoms with E-state index in [9.17, 15) is 0 Å². The molecule has 0 spiro atoms. The van der Waals surface area contributed by atoms with Crippen molar-refractivity contribution in [2.75, 3.05) is 19.8 Å². The Balaban J connectivity index is 1.99. The fraction of sp³-hybridized carbons (Fsp3) is 1.00. The van der Waals surface area contributed by atoms with Crippen LogP contribution in [-0.2, 0) is 4.74 Å². The quantitative estimate of drug-likeness (QED) is 0.607. The van der Waals surface area contributed by atoms with Gasteiger partial charge >= 0.3 is 0 Å². The molecule has 0 aromatic rings. The number of nitrogens with one attached hydrogen (secondary N) is 1. The van der Waals surface area contributed by atoms with Gasteiger partial charge in [-0.2, -0.15) is 0 Å². The van der Waals surface area contributed by atoms with E-state index < -0.39 is 0 Å². The standard InChI is InChI=1S/C10H21NO2/c1-9(11-5-3-6-12)8-10-4-2-7-13-10/h9-12H,2-8H2,1H3. The zero-order valence-corrected chi connectivity index (χ0v) is 8.46. The van der Waals surface area contributed by atoms with Crippen LogP contribution in [0, 0.1) is 0 Å². The van der Waals surface area contributed by atoms with Crippen molar-refractivity contribution in [1.29, 1.82) is 0 Å². The molecule has 2 N–H and O–H groups in total. The van der Waals surface area contributed by atoms with E-state index in [0.717, 1.165) is 26.0 Å². The van der Waals surface area contributed by atoms with E-state index in [1.54, 1.807) is 0 Å². The Morgan fingerprint density at radius 1 is 1.62 bits per heavy atom. The fourth-order valence-corrected chi connectivity index (χ4v) is 1.74. The molecular weight excluding hydrogens is 166 g/mol. The third-order valence-corrected chi connectivity index (χ3v) is 2.47. The van der Waals surface area contributed by atoms with Gasteiger partial charge in [-0.25, -0.2) is 0 Å². The maximum Gasteiger partial charge on any atom is 0.0590 e. The molecule has 13 heavy (non-hydrogen) atoms. The van der Waals surface area contributed by atoms with Crippen molar-refractivity contribution in [3.63, 3.8) is 0 Å². The Labute approximate surface area is 80.5 Å². The van der Waals surface area contributed by atoms with Gasteiger partial charge in [0, 0.05) is 19.3 Å². The van der Waals surface area contributed by atoms with E-state index in [2.05, 4.69) is 12.2 Å². The fourth-order valence-electron chi connectivity index (χ4n) is 1.74. The summed E-state index contributed by atoms with van der Waals surface area (Å²) in [6.45, 7) is 4.30. The molecule has 0 aromatic carbocycles. The van der Waals surface area contributed by atoms with Crippen molar-refractivity contribution in [2.45, 2.75) is 44.8 Å². The van der Waals surface area contributed by atoms with Crippen LogP contribution in [0.2, 0.25) is 0 Å². The van der Waals surface area contributed by atoms with Crippen molar-refractivity contribution < 1.29 is 9.84 Å². The topological polar surface area (TPSA) is 41.5 Å². The second kappa shape index (κ2) is 6.35. The smallest absolute Gasteiger partial charge is 0.0590 e. The highest BCUT2D eigenvalue weighted by Crippen LogP contribution is 2.16. The van der Waals surface area contributed by atoms with Gasteiger partial charge in [-0.3, -0.25) is 0 Å². The summed E-state index contributed by atoms with van der Waals surface area (Å²) in [7, 11) is 0. The molecule has 1 aliphatic heterocycles. The molecule has 1 rings (SSSR count). The van der Waals surface area contributed by atoms with Crippen molar-refractivity contribution in [1.82, 2.24) is 5.32 Å². The molecule has 1 saturated heterocycles. The van der Waals surface area contributed by atoms with Crippen molar-refractivity contribution >= 4 is 0 Å². The second-order valence-electron chi connectivity index (χ2n) is 3.80. The Morgan fingerprint density at radius 2 is 2.46 bits per heavy atom. The van der Waals surface area contributed by atoms with Gasteiger partial charge < -0.3 is 15.2 Å². The molecule has 0 aromatic heterocycles. The number of aliphatic hydroxyl groups excluding tert-OH is 1. The normalized spacial score (nSPS) is 24.9. The zero-order chi connectivity index (χ0) is 9.52. The third kappa shape index (κ3) is 4.60. The Bertz CT molecular complexity index is 124. The van der Waals surface area contributed by atoms with Gasteiger partial charge in [-0.15, -0.1) is 0 Å². The predicted octanol–water partition coefficient (Wildman–Crippen LogP) is 0.916. The summed E-state index contributed by atoms with van der Waals surface area (Å²) in [5.41, 5.74) is 0. The van der Waals surface area contributed by atoms with Crippen LogP contribution < -0.4 is 5.32 Å². The van der Waals surface area contributed by atoms with Crippen molar-refractivity contribution in [3.8, 4) is 0 Å². The molecule has 0 bridgehead atoms. The zero-order valence-electron chi connectivity index (χ0n) is 8.46. The summed E-state index contributed by atoms with van der Waals surface area (Å²) in [6.07, 6.45) is 4.85. The maximum atomic E-state index is 8.60. The SMILES string of the molecule is CC(CC1CCCO1)NCCCO. The molecule has 0 saturated carbocycles. The van der Waals surface area contributed by atoms with E-state index in [-0.39, 0.29) is 6.61 Å². The van der Waals surface area contributed by atoms with Crippen molar-refractivity contribution in [3.05, 3.63) is 0 Å². The highest BCUT2D eigenvalue weighted by molar-refractivity contribution is 4.71. The lowest BCUT2D eigenvalue weighted by molar-refractivity contribution is 0.0961. The first-order chi connectivity index (χ1) is 6.33. The van der Waals surface area contributed by atoms with Crippen LogP contribution in [0.3, 0.4) is 0 Å². The lowest BCUT2D eigenvalue weighted by Crippen LogP contribution is -2.31. The van der Waals surface area contributed by atoms with E-state index >= 15 is 0 Å². The summed E-state index contributed by atoms with van der Waals surface area (Å²) in [4.78, 5) is 0. The van der Waals surface area contributed by atoms with E-state index in [1.807, 2.05) is 0 Å². The van der Waals surface area contributed by atoms with E-state index in [1.165, 1.54) is 12.8 Å². The average molecular weight is 187 g/mol. The highest BCUT2D eigenvalue weighted by Gasteiger charge is 2.17. The summed E-state index contributed by atoms with van der Waals surface area (Å²) in [6, 6.07) is 0.509.